The summed E-state index contributed by atoms with van der Waals surface area (Å²) >= 11 is 1.95. The highest BCUT2D eigenvalue weighted by atomic mass is 32.2. The molecule has 3 heteroatoms. The van der Waals surface area contributed by atoms with Crippen molar-refractivity contribution in [2.24, 2.45) is 0 Å². The molecule has 0 aromatic carbocycles. The molecule has 1 fully saturated rings. The molecule has 0 atom stereocenters. The first-order valence-corrected chi connectivity index (χ1v) is 7.62. The summed E-state index contributed by atoms with van der Waals surface area (Å²) in [6.07, 6.45) is 7.71. The van der Waals surface area contributed by atoms with Gasteiger partial charge in [-0.05, 0) is 77.5 Å². The Labute approximate surface area is 99.4 Å². The van der Waals surface area contributed by atoms with Crippen LogP contribution < -0.4 is 0 Å². The largest absolute Gasteiger partial charge is 0.306 e. The molecule has 0 N–H and O–H groups in total. The van der Waals surface area contributed by atoms with Crippen molar-refractivity contribution < 1.29 is 0 Å². The molecule has 2 nitrogen and oxygen atoms in total. The van der Waals surface area contributed by atoms with Gasteiger partial charge in [-0.3, -0.25) is 0 Å². The summed E-state index contributed by atoms with van der Waals surface area (Å²) in [6, 6.07) is 0. The zero-order valence-corrected chi connectivity index (χ0v) is 11.2. The third-order valence-corrected chi connectivity index (χ3v) is 3.80. The van der Waals surface area contributed by atoms with Crippen molar-refractivity contribution in [3.63, 3.8) is 0 Å². The lowest BCUT2D eigenvalue weighted by Gasteiger charge is -2.19. The van der Waals surface area contributed by atoms with Gasteiger partial charge in [0.25, 0.3) is 0 Å². The van der Waals surface area contributed by atoms with Gasteiger partial charge in [0, 0.05) is 0 Å². The standard InChI is InChI=1S/C12H26N2S/c1-13(8-6-12-15-2)7-5-11-14-9-3-4-10-14/h3-12H2,1-2H3. The summed E-state index contributed by atoms with van der Waals surface area (Å²) in [5, 5.41) is 0. The maximum Gasteiger partial charge on any atom is -0.000655 e. The number of hydrogen-bond acceptors (Lipinski definition) is 3. The molecule has 15 heavy (non-hydrogen) atoms. The van der Waals surface area contributed by atoms with Crippen molar-refractivity contribution in [3.8, 4) is 0 Å². The zero-order chi connectivity index (χ0) is 10.9. The van der Waals surface area contributed by atoms with E-state index >= 15 is 0 Å². The van der Waals surface area contributed by atoms with Gasteiger partial charge in [0.1, 0.15) is 0 Å². The van der Waals surface area contributed by atoms with Crippen LogP contribution in [0, 0.1) is 0 Å². The first kappa shape index (κ1) is 13.3. The topological polar surface area (TPSA) is 6.48 Å². The Hall–Kier alpha value is 0.270. The second-order valence-corrected chi connectivity index (χ2v) is 5.54. The Kier molecular flexibility index (Phi) is 7.49. The van der Waals surface area contributed by atoms with Gasteiger partial charge < -0.3 is 9.80 Å². The van der Waals surface area contributed by atoms with E-state index in [1.54, 1.807) is 0 Å². The number of likely N-dealkylation sites (tertiary alicyclic amines) is 1. The SMILES string of the molecule is CSCCCN(C)CCCN1CCCC1. The molecule has 1 rings (SSSR count). The predicted molar refractivity (Wildman–Crippen MR) is 70.8 cm³/mol. The molecule has 1 heterocycles. The van der Waals surface area contributed by atoms with Gasteiger partial charge in [-0.1, -0.05) is 0 Å². The van der Waals surface area contributed by atoms with Gasteiger partial charge in [0.15, 0.2) is 0 Å². The zero-order valence-electron chi connectivity index (χ0n) is 10.4. The lowest BCUT2D eigenvalue weighted by Crippen LogP contribution is -2.27. The summed E-state index contributed by atoms with van der Waals surface area (Å²) in [6.45, 7) is 6.53. The lowest BCUT2D eigenvalue weighted by molar-refractivity contribution is 0.280. The summed E-state index contributed by atoms with van der Waals surface area (Å²) in [5.74, 6) is 1.30. The van der Waals surface area contributed by atoms with Crippen molar-refractivity contribution in [1.82, 2.24) is 9.80 Å². The molecule has 0 saturated carbocycles. The molecule has 1 aliphatic heterocycles. The van der Waals surface area contributed by atoms with Crippen molar-refractivity contribution in [2.75, 3.05) is 51.8 Å². The third-order valence-electron chi connectivity index (χ3n) is 3.10. The Morgan fingerprint density at radius 1 is 1.13 bits per heavy atom. The predicted octanol–water partition coefficient (Wildman–Crippen LogP) is 2.16. The van der Waals surface area contributed by atoms with Crippen molar-refractivity contribution in [3.05, 3.63) is 0 Å². The van der Waals surface area contributed by atoms with Crippen molar-refractivity contribution in [2.45, 2.75) is 25.7 Å². The number of rotatable bonds is 8. The van der Waals surface area contributed by atoms with Crippen LogP contribution in [0.4, 0.5) is 0 Å². The molecule has 0 aromatic rings. The quantitative estimate of drug-likeness (QED) is 0.590. The van der Waals surface area contributed by atoms with Crippen molar-refractivity contribution >= 4 is 11.8 Å². The van der Waals surface area contributed by atoms with Gasteiger partial charge in [-0.15, -0.1) is 0 Å². The van der Waals surface area contributed by atoms with E-state index in [0.717, 1.165) is 0 Å². The number of hydrogen-bond donors (Lipinski definition) is 0. The monoisotopic (exact) mass is 230 g/mol. The van der Waals surface area contributed by atoms with Crippen LogP contribution in [-0.4, -0.2) is 61.6 Å². The maximum absolute atomic E-state index is 2.61. The minimum atomic E-state index is 1.26. The molecule has 1 saturated heterocycles. The van der Waals surface area contributed by atoms with E-state index < -0.39 is 0 Å². The molecule has 0 radical (unpaired) electrons. The normalized spacial score (nSPS) is 17.8. The highest BCUT2D eigenvalue weighted by Gasteiger charge is 2.10. The van der Waals surface area contributed by atoms with Gasteiger partial charge in [-0.2, -0.15) is 11.8 Å². The van der Waals surface area contributed by atoms with Gasteiger partial charge in [0.2, 0.25) is 0 Å². The smallest absolute Gasteiger partial charge is 0.000655 e. The molecule has 0 aliphatic carbocycles. The second-order valence-electron chi connectivity index (χ2n) is 4.55. The van der Waals surface area contributed by atoms with Gasteiger partial charge in [-0.25, -0.2) is 0 Å². The maximum atomic E-state index is 2.61. The second kappa shape index (κ2) is 8.43. The molecule has 90 valence electrons. The lowest BCUT2D eigenvalue weighted by atomic mass is 10.3. The summed E-state index contributed by atoms with van der Waals surface area (Å²) in [5.41, 5.74) is 0. The summed E-state index contributed by atoms with van der Waals surface area (Å²) in [7, 11) is 2.25. The van der Waals surface area contributed by atoms with Crippen molar-refractivity contribution in [1.29, 1.82) is 0 Å². The molecule has 0 aromatic heterocycles. The third kappa shape index (κ3) is 6.44. The minimum absolute atomic E-state index is 1.26. The van der Waals surface area contributed by atoms with Crippen LogP contribution in [0.25, 0.3) is 0 Å². The van der Waals surface area contributed by atoms with Crippen LogP contribution in [0.2, 0.25) is 0 Å². The minimum Gasteiger partial charge on any atom is -0.306 e. The fourth-order valence-electron chi connectivity index (χ4n) is 2.16. The Morgan fingerprint density at radius 2 is 1.80 bits per heavy atom. The van der Waals surface area contributed by atoms with Gasteiger partial charge >= 0.3 is 0 Å². The molecule has 0 bridgehead atoms. The van der Waals surface area contributed by atoms with E-state index in [2.05, 4.69) is 23.1 Å². The molecular formula is C12H26N2S. The molecular weight excluding hydrogens is 204 g/mol. The Bertz CT molecular complexity index is 147. The average molecular weight is 230 g/mol. The van der Waals surface area contributed by atoms with Crippen LogP contribution in [0.3, 0.4) is 0 Å². The van der Waals surface area contributed by atoms with E-state index in [1.165, 1.54) is 64.2 Å². The van der Waals surface area contributed by atoms with E-state index in [9.17, 15) is 0 Å². The van der Waals surface area contributed by atoms with Crippen LogP contribution in [0.15, 0.2) is 0 Å². The van der Waals surface area contributed by atoms with Crippen LogP contribution >= 0.6 is 11.8 Å². The van der Waals surface area contributed by atoms with Crippen LogP contribution in [0.5, 0.6) is 0 Å². The average Bonchev–Trinajstić information content (AvgIpc) is 2.71. The molecule has 1 aliphatic rings. The van der Waals surface area contributed by atoms with E-state index in [-0.39, 0.29) is 0 Å². The summed E-state index contributed by atoms with van der Waals surface area (Å²) in [4.78, 5) is 5.09. The fraction of sp³-hybridized carbons (Fsp3) is 1.00. The van der Waals surface area contributed by atoms with Gasteiger partial charge in [0.05, 0.1) is 0 Å². The van der Waals surface area contributed by atoms with E-state index in [1.807, 2.05) is 11.8 Å². The van der Waals surface area contributed by atoms with Crippen LogP contribution in [0.1, 0.15) is 25.7 Å². The number of thioether (sulfide) groups is 1. The number of nitrogens with zero attached hydrogens (tertiary/aromatic N) is 2. The van der Waals surface area contributed by atoms with Crippen LogP contribution in [-0.2, 0) is 0 Å². The molecule has 0 unspecified atom stereocenters. The first-order chi connectivity index (χ1) is 7.33. The fourth-order valence-corrected chi connectivity index (χ4v) is 2.58. The first-order valence-electron chi connectivity index (χ1n) is 6.23. The molecule has 0 amide bonds. The Morgan fingerprint density at radius 3 is 2.47 bits per heavy atom. The molecule has 0 spiro atoms. The highest BCUT2D eigenvalue weighted by molar-refractivity contribution is 7.98. The Balaban J connectivity index is 1.89. The highest BCUT2D eigenvalue weighted by Crippen LogP contribution is 2.07. The van der Waals surface area contributed by atoms with E-state index in [4.69, 9.17) is 0 Å². The van der Waals surface area contributed by atoms with E-state index in [0.29, 0.717) is 0 Å². The summed E-state index contributed by atoms with van der Waals surface area (Å²) < 4.78 is 0.